The Balaban J connectivity index is 1.91. The highest BCUT2D eigenvalue weighted by Crippen LogP contribution is 2.20. The van der Waals surface area contributed by atoms with Crippen molar-refractivity contribution in [2.45, 2.75) is 95.5 Å². The molecule has 0 aliphatic carbocycles. The second kappa shape index (κ2) is 14.7. The van der Waals surface area contributed by atoms with E-state index in [-0.39, 0.29) is 6.61 Å². The van der Waals surface area contributed by atoms with Crippen LogP contribution in [0.2, 0.25) is 0 Å². The molecule has 1 heterocycles. The fourth-order valence-electron chi connectivity index (χ4n) is 3.08. The zero-order valence-electron chi connectivity index (χ0n) is 15.8. The van der Waals surface area contributed by atoms with E-state index in [4.69, 9.17) is 14.6 Å². The second-order valence-corrected chi connectivity index (χ2v) is 6.97. The molecule has 5 heteroatoms. The van der Waals surface area contributed by atoms with Gasteiger partial charge in [0.2, 0.25) is 0 Å². The molecule has 1 fully saturated rings. The molecule has 1 saturated heterocycles. The third kappa shape index (κ3) is 9.71. The van der Waals surface area contributed by atoms with Gasteiger partial charge in [0.25, 0.3) is 0 Å². The Morgan fingerprint density at radius 3 is 2.32 bits per heavy atom. The molecule has 1 aliphatic heterocycles. The lowest BCUT2D eigenvalue weighted by Crippen LogP contribution is -2.41. The van der Waals surface area contributed by atoms with E-state index in [0.29, 0.717) is 6.61 Å². The highest BCUT2D eigenvalue weighted by molar-refractivity contribution is 4.88. The lowest BCUT2D eigenvalue weighted by molar-refractivity contribution is -0.0730. The molecule has 4 atom stereocenters. The predicted octanol–water partition coefficient (Wildman–Crippen LogP) is 2.96. The first-order chi connectivity index (χ1) is 12.2. The molecule has 25 heavy (non-hydrogen) atoms. The molecule has 0 bridgehead atoms. The van der Waals surface area contributed by atoms with Gasteiger partial charge in [-0.15, -0.1) is 0 Å². The SMILES string of the molecule is CCCCCC/C=C/CCCCCCO[C@H]1CO[C@@H]([C@H](O)CO)[C@H]1O. The van der Waals surface area contributed by atoms with Crippen molar-refractivity contribution in [1.82, 2.24) is 0 Å². The number of aliphatic hydroxyl groups excluding tert-OH is 3. The monoisotopic (exact) mass is 358 g/mol. The molecule has 148 valence electrons. The largest absolute Gasteiger partial charge is 0.394 e. The van der Waals surface area contributed by atoms with Crippen LogP contribution in [0.3, 0.4) is 0 Å². The van der Waals surface area contributed by atoms with Crippen LogP contribution in [0.1, 0.15) is 71.1 Å². The van der Waals surface area contributed by atoms with Crippen molar-refractivity contribution >= 4 is 0 Å². The molecular weight excluding hydrogens is 320 g/mol. The van der Waals surface area contributed by atoms with Crippen molar-refractivity contribution in [3.8, 4) is 0 Å². The molecule has 0 amide bonds. The van der Waals surface area contributed by atoms with Gasteiger partial charge < -0.3 is 24.8 Å². The molecule has 1 rings (SSSR count). The van der Waals surface area contributed by atoms with Gasteiger partial charge in [-0.3, -0.25) is 0 Å². The first-order valence-electron chi connectivity index (χ1n) is 10.1. The van der Waals surface area contributed by atoms with Crippen LogP contribution in [0.5, 0.6) is 0 Å². The molecule has 1 aliphatic rings. The van der Waals surface area contributed by atoms with Crippen LogP contribution in [-0.4, -0.2) is 59.6 Å². The van der Waals surface area contributed by atoms with Crippen molar-refractivity contribution in [2.24, 2.45) is 0 Å². The highest BCUT2D eigenvalue weighted by atomic mass is 16.6. The number of allylic oxidation sites excluding steroid dienone is 2. The van der Waals surface area contributed by atoms with E-state index in [0.717, 1.165) is 19.3 Å². The Morgan fingerprint density at radius 1 is 1.04 bits per heavy atom. The van der Waals surface area contributed by atoms with Crippen LogP contribution in [0, 0.1) is 0 Å². The molecule has 5 nitrogen and oxygen atoms in total. The summed E-state index contributed by atoms with van der Waals surface area (Å²) in [5, 5.41) is 28.5. The van der Waals surface area contributed by atoms with E-state index in [1.165, 1.54) is 44.9 Å². The van der Waals surface area contributed by atoms with Gasteiger partial charge >= 0.3 is 0 Å². The second-order valence-electron chi connectivity index (χ2n) is 6.97. The molecule has 0 unspecified atom stereocenters. The number of aliphatic hydroxyl groups is 3. The Morgan fingerprint density at radius 2 is 1.68 bits per heavy atom. The maximum Gasteiger partial charge on any atom is 0.114 e. The highest BCUT2D eigenvalue weighted by Gasteiger charge is 2.40. The molecule has 0 spiro atoms. The molecular formula is C20H38O5. The van der Waals surface area contributed by atoms with Crippen molar-refractivity contribution in [2.75, 3.05) is 19.8 Å². The minimum atomic E-state index is -1.05. The Labute approximate surface area is 153 Å². The van der Waals surface area contributed by atoms with Crippen LogP contribution in [-0.2, 0) is 9.47 Å². The normalized spacial score (nSPS) is 25.0. The fourth-order valence-corrected chi connectivity index (χ4v) is 3.08. The first kappa shape index (κ1) is 22.6. The minimum absolute atomic E-state index is 0.270. The zero-order valence-corrected chi connectivity index (χ0v) is 15.8. The van der Waals surface area contributed by atoms with E-state index >= 15 is 0 Å². The zero-order chi connectivity index (χ0) is 18.3. The van der Waals surface area contributed by atoms with E-state index < -0.39 is 31.0 Å². The number of unbranched alkanes of at least 4 members (excludes halogenated alkanes) is 8. The summed E-state index contributed by atoms with van der Waals surface area (Å²) in [6, 6.07) is 0. The van der Waals surface area contributed by atoms with Crippen LogP contribution in [0.25, 0.3) is 0 Å². The van der Waals surface area contributed by atoms with Crippen molar-refractivity contribution in [3.05, 3.63) is 12.2 Å². The van der Waals surface area contributed by atoms with Crippen molar-refractivity contribution < 1.29 is 24.8 Å². The predicted molar refractivity (Wildman–Crippen MR) is 99.6 cm³/mol. The lowest BCUT2D eigenvalue weighted by atomic mass is 10.1. The third-order valence-electron chi connectivity index (χ3n) is 4.72. The quantitative estimate of drug-likeness (QED) is 0.310. The van der Waals surface area contributed by atoms with Crippen molar-refractivity contribution in [3.63, 3.8) is 0 Å². The van der Waals surface area contributed by atoms with Gasteiger partial charge in [0, 0.05) is 6.61 Å². The fraction of sp³-hybridized carbons (Fsp3) is 0.900. The molecule has 0 aromatic carbocycles. The van der Waals surface area contributed by atoms with Crippen LogP contribution in [0.15, 0.2) is 12.2 Å². The van der Waals surface area contributed by atoms with Crippen molar-refractivity contribution in [1.29, 1.82) is 0 Å². The van der Waals surface area contributed by atoms with E-state index in [2.05, 4.69) is 19.1 Å². The summed E-state index contributed by atoms with van der Waals surface area (Å²) < 4.78 is 11.0. The number of rotatable bonds is 15. The summed E-state index contributed by atoms with van der Waals surface area (Å²) in [5.41, 5.74) is 0. The van der Waals surface area contributed by atoms with Gasteiger partial charge in [0.1, 0.15) is 24.4 Å². The van der Waals surface area contributed by atoms with Gasteiger partial charge in [0.15, 0.2) is 0 Å². The average molecular weight is 359 g/mol. The van der Waals surface area contributed by atoms with Gasteiger partial charge in [-0.2, -0.15) is 0 Å². The summed E-state index contributed by atoms with van der Waals surface area (Å²) in [4.78, 5) is 0. The van der Waals surface area contributed by atoms with Gasteiger partial charge in [-0.1, -0.05) is 51.2 Å². The van der Waals surface area contributed by atoms with Crippen LogP contribution < -0.4 is 0 Å². The summed E-state index contributed by atoms with van der Waals surface area (Å²) in [6.07, 6.45) is 13.7. The lowest BCUT2D eigenvalue weighted by Gasteiger charge is -2.20. The number of hydrogen-bond donors (Lipinski definition) is 3. The minimum Gasteiger partial charge on any atom is -0.394 e. The maximum absolute atomic E-state index is 10.0. The van der Waals surface area contributed by atoms with Gasteiger partial charge in [-0.05, 0) is 32.1 Å². The molecule has 0 radical (unpaired) electrons. The van der Waals surface area contributed by atoms with Crippen LogP contribution >= 0.6 is 0 Å². The van der Waals surface area contributed by atoms with Gasteiger partial charge in [0.05, 0.1) is 13.2 Å². The van der Waals surface area contributed by atoms with Gasteiger partial charge in [-0.25, -0.2) is 0 Å². The molecule has 0 aromatic rings. The summed E-state index contributed by atoms with van der Waals surface area (Å²) in [6.45, 7) is 2.69. The number of hydrogen-bond acceptors (Lipinski definition) is 5. The van der Waals surface area contributed by atoms with E-state index in [1.54, 1.807) is 0 Å². The van der Waals surface area contributed by atoms with Crippen LogP contribution in [0.4, 0.5) is 0 Å². The average Bonchev–Trinajstić information content (AvgIpc) is 2.99. The van der Waals surface area contributed by atoms with E-state index in [1.807, 2.05) is 0 Å². The topological polar surface area (TPSA) is 79.2 Å². The molecule has 0 saturated carbocycles. The summed E-state index contributed by atoms with van der Waals surface area (Å²) in [5.74, 6) is 0. The first-order valence-corrected chi connectivity index (χ1v) is 10.1. The standard InChI is InChI=1S/C20H38O5/c1-2-3-4-5-6-7-8-9-10-11-12-13-14-24-18-16-25-20(19(18)23)17(22)15-21/h7-8,17-23H,2-6,9-16H2,1H3/b8-7+/t17-,18+,19+,20+/m1/s1. The Hall–Kier alpha value is -0.460. The Kier molecular flexibility index (Phi) is 13.3. The Bertz CT molecular complexity index is 334. The van der Waals surface area contributed by atoms with E-state index in [9.17, 15) is 10.2 Å². The summed E-state index contributed by atoms with van der Waals surface area (Å²) in [7, 11) is 0. The molecule has 3 N–H and O–H groups in total. The third-order valence-corrected chi connectivity index (χ3v) is 4.72. The molecule has 0 aromatic heterocycles. The summed E-state index contributed by atoms with van der Waals surface area (Å²) >= 11 is 0. The smallest absolute Gasteiger partial charge is 0.114 e. The number of ether oxygens (including phenoxy) is 2. The maximum atomic E-state index is 10.0.